The minimum absolute atomic E-state index is 0.206. The number of ether oxygens (including phenoxy) is 1. The molecule has 0 aliphatic heterocycles. The molecular weight excluding hydrogens is 341 g/mol. The summed E-state index contributed by atoms with van der Waals surface area (Å²) in [4.78, 5) is 12.5. The fraction of sp³-hybridized carbons (Fsp3) is 0.444. The van der Waals surface area contributed by atoms with E-state index in [0.29, 0.717) is 5.69 Å². The Labute approximate surface area is 149 Å². The highest BCUT2D eigenvalue weighted by Crippen LogP contribution is 2.27. The predicted molar refractivity (Wildman–Crippen MR) is 89.3 cm³/mol. The van der Waals surface area contributed by atoms with Crippen molar-refractivity contribution >= 4 is 5.91 Å². The van der Waals surface area contributed by atoms with Crippen LogP contribution in [0, 0.1) is 5.82 Å². The normalized spacial score (nSPS) is 27.3. The lowest BCUT2D eigenvalue weighted by atomic mass is 10.1. The zero-order valence-electron chi connectivity index (χ0n) is 14.0. The third kappa shape index (κ3) is 3.06. The smallest absolute Gasteiger partial charge is 0.272 e. The number of aliphatic hydroxyl groups excluding tert-OH is 2. The fourth-order valence-corrected chi connectivity index (χ4v) is 3.71. The van der Waals surface area contributed by atoms with Gasteiger partial charge in [-0.25, -0.2) is 4.39 Å². The molecule has 138 valence electrons. The van der Waals surface area contributed by atoms with Crippen molar-refractivity contribution in [2.24, 2.45) is 0 Å². The maximum Gasteiger partial charge on any atom is 0.272 e. The molecule has 1 aromatic heterocycles. The van der Waals surface area contributed by atoms with Gasteiger partial charge >= 0.3 is 0 Å². The van der Waals surface area contributed by atoms with Gasteiger partial charge in [-0.15, -0.1) is 0 Å². The average Bonchev–Trinajstić information content (AvgIpc) is 3.27. The van der Waals surface area contributed by atoms with Gasteiger partial charge in [0.1, 0.15) is 29.9 Å². The Morgan fingerprint density at radius 3 is 2.96 bits per heavy atom. The van der Waals surface area contributed by atoms with E-state index < -0.39 is 30.2 Å². The van der Waals surface area contributed by atoms with Crippen molar-refractivity contribution in [3.63, 3.8) is 0 Å². The van der Waals surface area contributed by atoms with Gasteiger partial charge in [-0.3, -0.25) is 9.89 Å². The van der Waals surface area contributed by atoms with Crippen LogP contribution in [0.4, 0.5) is 4.39 Å². The van der Waals surface area contributed by atoms with E-state index in [9.17, 15) is 19.4 Å². The number of benzene rings is 1. The second kappa shape index (κ2) is 6.69. The van der Waals surface area contributed by atoms with Crippen molar-refractivity contribution in [2.75, 3.05) is 0 Å². The van der Waals surface area contributed by atoms with E-state index in [1.54, 1.807) is 6.07 Å². The number of aromatic amines is 1. The summed E-state index contributed by atoms with van der Waals surface area (Å²) in [6.07, 6.45) is -0.241. The van der Waals surface area contributed by atoms with E-state index in [1.165, 1.54) is 18.2 Å². The number of aliphatic hydroxyl groups is 2. The van der Waals surface area contributed by atoms with Gasteiger partial charge in [0.05, 0.1) is 6.04 Å². The second-order valence-electron chi connectivity index (χ2n) is 6.79. The third-order valence-electron chi connectivity index (χ3n) is 5.05. The molecule has 0 saturated heterocycles. The SMILES string of the molecule is O=C(N[C@@H]1C[C@@H](Oc2cccc(F)c2)[C@H](O)[C@H]1O)c1n[nH]c2c1CCC2. The van der Waals surface area contributed by atoms with Crippen molar-refractivity contribution in [1.29, 1.82) is 0 Å². The molecule has 1 saturated carbocycles. The van der Waals surface area contributed by atoms with Crippen LogP contribution in [-0.2, 0) is 12.8 Å². The number of aromatic nitrogens is 2. The summed E-state index contributed by atoms with van der Waals surface area (Å²) in [6.45, 7) is 0. The van der Waals surface area contributed by atoms with Crippen LogP contribution in [0.15, 0.2) is 24.3 Å². The standard InChI is InChI=1S/C18H20FN3O4/c19-9-3-1-4-10(7-9)26-14-8-13(16(23)17(14)24)20-18(25)15-11-5-2-6-12(11)21-22-15/h1,3-4,7,13-14,16-17,23-24H,2,5-6,8H2,(H,20,25)(H,21,22)/t13-,14-,16+,17+/m1/s1. The molecule has 4 atom stereocenters. The first kappa shape index (κ1) is 17.0. The number of nitrogens with zero attached hydrogens (tertiary/aromatic N) is 1. The first-order chi connectivity index (χ1) is 12.5. The molecule has 0 unspecified atom stereocenters. The largest absolute Gasteiger partial charge is 0.487 e. The molecule has 1 heterocycles. The molecule has 0 radical (unpaired) electrons. The third-order valence-corrected chi connectivity index (χ3v) is 5.05. The Hall–Kier alpha value is -2.45. The lowest BCUT2D eigenvalue weighted by Crippen LogP contribution is -2.43. The summed E-state index contributed by atoms with van der Waals surface area (Å²) in [5.74, 6) is -0.571. The number of H-pyrrole nitrogens is 1. The van der Waals surface area contributed by atoms with Crippen LogP contribution in [0.3, 0.4) is 0 Å². The lowest BCUT2D eigenvalue weighted by Gasteiger charge is -2.18. The molecule has 4 N–H and O–H groups in total. The van der Waals surface area contributed by atoms with Gasteiger partial charge in [0, 0.05) is 23.7 Å². The molecule has 1 fully saturated rings. The number of carbonyl (C=O) groups excluding carboxylic acids is 1. The van der Waals surface area contributed by atoms with Gasteiger partial charge < -0.3 is 20.3 Å². The molecule has 2 aliphatic carbocycles. The molecule has 4 rings (SSSR count). The summed E-state index contributed by atoms with van der Waals surface area (Å²) in [5.41, 5.74) is 2.24. The topological polar surface area (TPSA) is 107 Å². The van der Waals surface area contributed by atoms with Crippen molar-refractivity contribution in [1.82, 2.24) is 15.5 Å². The lowest BCUT2D eigenvalue weighted by molar-refractivity contribution is -0.0135. The molecule has 1 aromatic carbocycles. The van der Waals surface area contributed by atoms with Crippen molar-refractivity contribution in [2.45, 2.75) is 50.0 Å². The second-order valence-corrected chi connectivity index (χ2v) is 6.79. The number of hydrogen-bond donors (Lipinski definition) is 4. The van der Waals surface area contributed by atoms with Crippen LogP contribution in [0.2, 0.25) is 0 Å². The quantitative estimate of drug-likeness (QED) is 0.642. The zero-order chi connectivity index (χ0) is 18.3. The summed E-state index contributed by atoms with van der Waals surface area (Å²) in [5, 5.41) is 30.1. The number of aryl methyl sites for hydroxylation is 1. The first-order valence-corrected chi connectivity index (χ1v) is 8.68. The van der Waals surface area contributed by atoms with Crippen LogP contribution in [0.5, 0.6) is 5.75 Å². The summed E-state index contributed by atoms with van der Waals surface area (Å²) >= 11 is 0. The summed E-state index contributed by atoms with van der Waals surface area (Å²) in [7, 11) is 0. The predicted octanol–water partition coefficient (Wildman–Crippen LogP) is 0.709. The van der Waals surface area contributed by atoms with Crippen LogP contribution in [0.25, 0.3) is 0 Å². The number of halogens is 1. The van der Waals surface area contributed by atoms with E-state index in [4.69, 9.17) is 4.74 Å². The highest BCUT2D eigenvalue weighted by atomic mass is 19.1. The van der Waals surface area contributed by atoms with Crippen molar-refractivity contribution < 1.29 is 24.1 Å². The first-order valence-electron chi connectivity index (χ1n) is 8.68. The fourth-order valence-electron chi connectivity index (χ4n) is 3.71. The van der Waals surface area contributed by atoms with Gasteiger partial charge in [-0.2, -0.15) is 5.10 Å². The molecule has 1 amide bonds. The highest BCUT2D eigenvalue weighted by Gasteiger charge is 2.44. The summed E-state index contributed by atoms with van der Waals surface area (Å²) < 4.78 is 18.9. The molecule has 8 heteroatoms. The van der Waals surface area contributed by atoms with Gasteiger partial charge in [0.25, 0.3) is 5.91 Å². The van der Waals surface area contributed by atoms with E-state index >= 15 is 0 Å². The Balaban J connectivity index is 1.43. The van der Waals surface area contributed by atoms with Crippen molar-refractivity contribution in [3.05, 3.63) is 47.0 Å². The van der Waals surface area contributed by atoms with Crippen LogP contribution in [-0.4, -0.2) is 50.7 Å². The van der Waals surface area contributed by atoms with E-state index in [0.717, 1.165) is 30.5 Å². The van der Waals surface area contributed by atoms with Gasteiger partial charge in [-0.1, -0.05) is 6.07 Å². The molecular formula is C18H20FN3O4. The van der Waals surface area contributed by atoms with Gasteiger partial charge in [0.15, 0.2) is 5.69 Å². The molecule has 0 spiro atoms. The van der Waals surface area contributed by atoms with Gasteiger partial charge in [-0.05, 0) is 31.4 Å². The molecule has 26 heavy (non-hydrogen) atoms. The number of hydrogen-bond acceptors (Lipinski definition) is 5. The highest BCUT2D eigenvalue weighted by molar-refractivity contribution is 5.94. The minimum atomic E-state index is -1.19. The number of rotatable bonds is 4. The van der Waals surface area contributed by atoms with E-state index in [2.05, 4.69) is 15.5 Å². The van der Waals surface area contributed by atoms with Crippen LogP contribution in [0.1, 0.15) is 34.6 Å². The monoisotopic (exact) mass is 361 g/mol. The zero-order valence-corrected chi connectivity index (χ0v) is 14.0. The van der Waals surface area contributed by atoms with E-state index in [1.807, 2.05) is 0 Å². The molecule has 7 nitrogen and oxygen atoms in total. The average molecular weight is 361 g/mol. The Kier molecular flexibility index (Phi) is 4.37. The Bertz CT molecular complexity index is 825. The number of fused-ring (bicyclic) bond motifs is 1. The maximum atomic E-state index is 13.3. The molecule has 2 aliphatic rings. The summed E-state index contributed by atoms with van der Waals surface area (Å²) in [6, 6.07) is 4.89. The van der Waals surface area contributed by atoms with E-state index in [-0.39, 0.29) is 18.1 Å². The maximum absolute atomic E-state index is 13.3. The van der Waals surface area contributed by atoms with Crippen LogP contribution >= 0.6 is 0 Å². The molecule has 0 bridgehead atoms. The Morgan fingerprint density at radius 1 is 1.31 bits per heavy atom. The number of nitrogens with one attached hydrogen (secondary N) is 2. The number of carbonyl (C=O) groups is 1. The van der Waals surface area contributed by atoms with Crippen LogP contribution < -0.4 is 10.1 Å². The van der Waals surface area contributed by atoms with Crippen molar-refractivity contribution in [3.8, 4) is 5.75 Å². The Morgan fingerprint density at radius 2 is 2.15 bits per heavy atom. The molecule has 2 aromatic rings. The minimum Gasteiger partial charge on any atom is -0.487 e. The number of amides is 1. The van der Waals surface area contributed by atoms with Gasteiger partial charge in [0.2, 0.25) is 0 Å².